The van der Waals surface area contributed by atoms with E-state index in [2.05, 4.69) is 20.8 Å². The second kappa shape index (κ2) is 5.80. The molecule has 1 saturated heterocycles. The van der Waals surface area contributed by atoms with Crippen LogP contribution in [-0.4, -0.2) is 29.1 Å². The van der Waals surface area contributed by atoms with Crippen LogP contribution in [0.25, 0.3) is 0 Å². The Morgan fingerprint density at radius 3 is 2.67 bits per heavy atom. The lowest BCUT2D eigenvalue weighted by Crippen LogP contribution is -2.27. The monoisotopic (exact) mass is 315 g/mol. The van der Waals surface area contributed by atoms with Crippen molar-refractivity contribution in [1.29, 1.82) is 0 Å². The van der Waals surface area contributed by atoms with Crippen LogP contribution in [0.3, 0.4) is 0 Å². The quantitative estimate of drug-likeness (QED) is 0.927. The molecule has 1 aliphatic rings. The van der Waals surface area contributed by atoms with Crippen LogP contribution >= 0.6 is 15.9 Å². The number of aliphatic carboxylic acids is 1. The molecule has 0 aromatic heterocycles. The van der Waals surface area contributed by atoms with Crippen LogP contribution in [0.15, 0.2) is 22.7 Å². The van der Waals surface area contributed by atoms with Gasteiger partial charge < -0.3 is 5.11 Å². The first-order chi connectivity index (χ1) is 8.58. The molecular weight excluding hydrogens is 301 g/mol. The molecule has 1 aromatic rings. The third kappa shape index (κ3) is 3.09. The molecule has 3 nitrogen and oxygen atoms in total. The standard InChI is InChI=1S/C13H15BrFNO2/c14-10-7-9(3-4-11(10)15)12(8-13(17)18)16-5-1-2-6-16/h3-4,7,12H,1-2,5-6,8H2,(H,17,18). The van der Waals surface area contributed by atoms with Gasteiger partial charge in [-0.2, -0.15) is 0 Å². The summed E-state index contributed by atoms with van der Waals surface area (Å²) < 4.78 is 13.6. The van der Waals surface area contributed by atoms with Gasteiger partial charge in [-0.05, 0) is 59.6 Å². The van der Waals surface area contributed by atoms with Gasteiger partial charge in [-0.25, -0.2) is 4.39 Å². The number of hydrogen-bond donors (Lipinski definition) is 1. The SMILES string of the molecule is O=C(O)CC(c1ccc(F)c(Br)c1)N1CCCC1. The molecule has 0 bridgehead atoms. The van der Waals surface area contributed by atoms with E-state index >= 15 is 0 Å². The van der Waals surface area contributed by atoms with Gasteiger partial charge in [0.2, 0.25) is 0 Å². The Kier molecular flexibility index (Phi) is 4.35. The van der Waals surface area contributed by atoms with Gasteiger partial charge in [0, 0.05) is 6.04 Å². The van der Waals surface area contributed by atoms with Crippen molar-refractivity contribution >= 4 is 21.9 Å². The summed E-state index contributed by atoms with van der Waals surface area (Å²) in [4.78, 5) is 13.1. The first kappa shape index (κ1) is 13.5. The predicted octanol–water partition coefficient (Wildman–Crippen LogP) is 3.20. The van der Waals surface area contributed by atoms with Crippen LogP contribution in [0.5, 0.6) is 0 Å². The summed E-state index contributed by atoms with van der Waals surface area (Å²) in [6.45, 7) is 1.82. The van der Waals surface area contributed by atoms with E-state index in [1.54, 1.807) is 12.1 Å². The van der Waals surface area contributed by atoms with E-state index in [1.165, 1.54) is 6.07 Å². The summed E-state index contributed by atoms with van der Waals surface area (Å²) in [7, 11) is 0. The molecule has 1 atom stereocenters. The van der Waals surface area contributed by atoms with Crippen molar-refractivity contribution in [3.8, 4) is 0 Å². The first-order valence-electron chi connectivity index (χ1n) is 5.98. The maximum Gasteiger partial charge on any atom is 0.305 e. The number of benzene rings is 1. The molecule has 0 spiro atoms. The van der Waals surface area contributed by atoms with E-state index in [-0.39, 0.29) is 18.3 Å². The number of carbonyl (C=O) groups is 1. The Labute approximate surface area is 114 Å². The molecule has 98 valence electrons. The number of halogens is 2. The minimum Gasteiger partial charge on any atom is -0.481 e. The molecule has 1 aliphatic heterocycles. The van der Waals surface area contributed by atoms with Gasteiger partial charge in [-0.3, -0.25) is 9.69 Å². The molecule has 1 fully saturated rings. The van der Waals surface area contributed by atoms with Crippen LogP contribution < -0.4 is 0 Å². The summed E-state index contributed by atoms with van der Waals surface area (Å²) in [5, 5.41) is 9.02. The van der Waals surface area contributed by atoms with Gasteiger partial charge in [0.05, 0.1) is 10.9 Å². The molecule has 1 heterocycles. The zero-order valence-corrected chi connectivity index (χ0v) is 11.5. The van der Waals surface area contributed by atoms with Gasteiger partial charge in [0.25, 0.3) is 0 Å². The summed E-state index contributed by atoms with van der Waals surface area (Å²) in [5.74, 6) is -1.15. The molecular formula is C13H15BrFNO2. The molecule has 1 aromatic carbocycles. The highest BCUT2D eigenvalue weighted by Crippen LogP contribution is 2.30. The van der Waals surface area contributed by atoms with Gasteiger partial charge in [-0.15, -0.1) is 0 Å². The summed E-state index contributed by atoms with van der Waals surface area (Å²) in [6.07, 6.45) is 2.25. The predicted molar refractivity (Wildman–Crippen MR) is 69.9 cm³/mol. The highest BCUT2D eigenvalue weighted by Gasteiger charge is 2.26. The molecule has 18 heavy (non-hydrogen) atoms. The van der Waals surface area contributed by atoms with Crippen molar-refractivity contribution in [2.75, 3.05) is 13.1 Å². The van der Waals surface area contributed by atoms with Crippen LogP contribution in [-0.2, 0) is 4.79 Å². The van der Waals surface area contributed by atoms with Gasteiger partial charge >= 0.3 is 5.97 Å². The molecule has 1 unspecified atom stereocenters. The summed E-state index contributed by atoms with van der Waals surface area (Å²) in [5.41, 5.74) is 0.854. The molecule has 2 rings (SSSR count). The molecule has 1 N–H and O–H groups in total. The normalized spacial score (nSPS) is 17.9. The van der Waals surface area contributed by atoms with E-state index < -0.39 is 5.97 Å². The molecule has 0 saturated carbocycles. The van der Waals surface area contributed by atoms with Crippen molar-refractivity contribution < 1.29 is 14.3 Å². The fourth-order valence-corrected chi connectivity index (χ4v) is 2.79. The zero-order chi connectivity index (χ0) is 13.1. The van der Waals surface area contributed by atoms with Crippen LogP contribution in [0.4, 0.5) is 4.39 Å². The lowest BCUT2D eigenvalue weighted by Gasteiger charge is -2.26. The number of nitrogens with zero attached hydrogens (tertiary/aromatic N) is 1. The highest BCUT2D eigenvalue weighted by molar-refractivity contribution is 9.10. The lowest BCUT2D eigenvalue weighted by atomic mass is 10.0. The van der Waals surface area contributed by atoms with Crippen LogP contribution in [0, 0.1) is 5.82 Å². The summed E-state index contributed by atoms with van der Waals surface area (Å²) in [6, 6.07) is 4.57. The molecule has 5 heteroatoms. The largest absolute Gasteiger partial charge is 0.481 e. The van der Waals surface area contributed by atoms with Crippen LogP contribution in [0.1, 0.15) is 30.9 Å². The number of rotatable bonds is 4. The molecule has 0 radical (unpaired) electrons. The number of carboxylic acid groups (broad SMARTS) is 1. The van der Waals surface area contributed by atoms with Crippen molar-refractivity contribution in [3.05, 3.63) is 34.1 Å². The molecule has 0 aliphatic carbocycles. The third-order valence-corrected chi connectivity index (χ3v) is 3.89. The number of hydrogen-bond acceptors (Lipinski definition) is 2. The van der Waals surface area contributed by atoms with Crippen molar-refractivity contribution in [3.63, 3.8) is 0 Å². The number of carboxylic acids is 1. The van der Waals surface area contributed by atoms with E-state index in [0.29, 0.717) is 4.47 Å². The Hall–Kier alpha value is -0.940. The topological polar surface area (TPSA) is 40.5 Å². The van der Waals surface area contributed by atoms with Crippen molar-refractivity contribution in [2.45, 2.75) is 25.3 Å². The Morgan fingerprint density at radius 2 is 2.11 bits per heavy atom. The molecule has 0 amide bonds. The van der Waals surface area contributed by atoms with E-state index in [1.807, 2.05) is 0 Å². The van der Waals surface area contributed by atoms with Crippen molar-refractivity contribution in [2.24, 2.45) is 0 Å². The Balaban J connectivity index is 2.26. The number of likely N-dealkylation sites (tertiary alicyclic amines) is 1. The summed E-state index contributed by atoms with van der Waals surface area (Å²) >= 11 is 3.15. The van der Waals surface area contributed by atoms with Crippen molar-refractivity contribution in [1.82, 2.24) is 4.90 Å². The van der Waals surface area contributed by atoms with Gasteiger partial charge in [-0.1, -0.05) is 6.07 Å². The second-order valence-electron chi connectivity index (χ2n) is 4.53. The van der Waals surface area contributed by atoms with Gasteiger partial charge in [0.1, 0.15) is 5.82 Å². The minimum atomic E-state index is -0.827. The zero-order valence-electron chi connectivity index (χ0n) is 9.90. The first-order valence-corrected chi connectivity index (χ1v) is 6.78. The van der Waals surface area contributed by atoms with E-state index in [0.717, 1.165) is 31.5 Å². The van der Waals surface area contributed by atoms with Crippen LogP contribution in [0.2, 0.25) is 0 Å². The highest BCUT2D eigenvalue weighted by atomic mass is 79.9. The minimum absolute atomic E-state index is 0.0536. The maximum atomic E-state index is 13.2. The average Bonchev–Trinajstić information content (AvgIpc) is 2.83. The van der Waals surface area contributed by atoms with Gasteiger partial charge in [0.15, 0.2) is 0 Å². The maximum absolute atomic E-state index is 13.2. The van der Waals surface area contributed by atoms with E-state index in [4.69, 9.17) is 5.11 Å². The Morgan fingerprint density at radius 1 is 1.44 bits per heavy atom. The smallest absolute Gasteiger partial charge is 0.305 e. The lowest BCUT2D eigenvalue weighted by molar-refractivity contribution is -0.138. The second-order valence-corrected chi connectivity index (χ2v) is 5.38. The average molecular weight is 316 g/mol. The Bertz CT molecular complexity index is 447. The van der Waals surface area contributed by atoms with E-state index in [9.17, 15) is 9.18 Å². The fraction of sp³-hybridized carbons (Fsp3) is 0.462. The third-order valence-electron chi connectivity index (χ3n) is 3.28. The fourth-order valence-electron chi connectivity index (χ4n) is 2.40.